The fourth-order valence-corrected chi connectivity index (χ4v) is 0.647. The number of hydrogen-bond acceptors (Lipinski definition) is 2. The number of aliphatic carboxylic acids is 1. The van der Waals surface area contributed by atoms with Gasteiger partial charge in [-0.2, -0.15) is 0 Å². The summed E-state index contributed by atoms with van der Waals surface area (Å²) < 4.78 is 0. The summed E-state index contributed by atoms with van der Waals surface area (Å²) in [4.78, 5) is 12.4. The first-order chi connectivity index (χ1) is 4.72. The number of rotatable bonds is 4. The standard InChI is InChI=1S/C6H10ClNO2/c1-2-3-4-5(8-7)6(9)10/h2-3,5,8H,4H2,1H3,(H,9,10)/t5-/m0/s1. The molecule has 0 bridgehead atoms. The van der Waals surface area contributed by atoms with Crippen molar-refractivity contribution >= 4 is 17.7 Å². The van der Waals surface area contributed by atoms with Gasteiger partial charge in [0.05, 0.1) is 0 Å². The highest BCUT2D eigenvalue weighted by atomic mass is 35.5. The van der Waals surface area contributed by atoms with E-state index in [-0.39, 0.29) is 0 Å². The lowest BCUT2D eigenvalue weighted by Crippen LogP contribution is -2.29. The fraction of sp³-hybridized carbons (Fsp3) is 0.500. The van der Waals surface area contributed by atoms with Gasteiger partial charge in [-0.15, -0.1) is 0 Å². The van der Waals surface area contributed by atoms with E-state index in [4.69, 9.17) is 16.9 Å². The lowest BCUT2D eigenvalue weighted by molar-refractivity contribution is -0.138. The van der Waals surface area contributed by atoms with E-state index in [1.54, 1.807) is 12.2 Å². The number of nitrogens with one attached hydrogen (secondary N) is 1. The topological polar surface area (TPSA) is 49.3 Å². The van der Waals surface area contributed by atoms with Crippen molar-refractivity contribution in [2.45, 2.75) is 19.4 Å². The van der Waals surface area contributed by atoms with E-state index in [1.807, 2.05) is 6.92 Å². The summed E-state index contributed by atoms with van der Waals surface area (Å²) in [6.07, 6.45) is 3.94. The minimum absolute atomic E-state index is 0.412. The van der Waals surface area contributed by atoms with E-state index in [0.29, 0.717) is 6.42 Å². The zero-order valence-electron chi connectivity index (χ0n) is 5.67. The van der Waals surface area contributed by atoms with E-state index in [1.165, 1.54) is 0 Å². The Bertz CT molecular complexity index is 136. The molecular weight excluding hydrogens is 154 g/mol. The van der Waals surface area contributed by atoms with Gasteiger partial charge in [-0.3, -0.25) is 4.79 Å². The van der Waals surface area contributed by atoms with Crippen LogP contribution in [0.3, 0.4) is 0 Å². The maximum atomic E-state index is 10.3. The third-order valence-electron chi connectivity index (χ3n) is 1.04. The lowest BCUT2D eigenvalue weighted by atomic mass is 10.2. The molecule has 0 heterocycles. The Balaban J connectivity index is 3.71. The van der Waals surface area contributed by atoms with Crippen molar-refractivity contribution in [1.82, 2.24) is 4.84 Å². The zero-order valence-corrected chi connectivity index (χ0v) is 6.43. The number of carboxylic acid groups (broad SMARTS) is 1. The smallest absolute Gasteiger partial charge is 0.322 e. The van der Waals surface area contributed by atoms with Crippen LogP contribution in [0.2, 0.25) is 0 Å². The molecule has 1 atom stereocenters. The van der Waals surface area contributed by atoms with Gasteiger partial charge in [0.15, 0.2) is 0 Å². The van der Waals surface area contributed by atoms with E-state index >= 15 is 0 Å². The zero-order chi connectivity index (χ0) is 7.98. The summed E-state index contributed by atoms with van der Waals surface area (Å²) in [7, 11) is 0. The highest BCUT2D eigenvalue weighted by Crippen LogP contribution is 1.94. The van der Waals surface area contributed by atoms with Gasteiger partial charge < -0.3 is 5.11 Å². The number of allylic oxidation sites excluding steroid dienone is 1. The van der Waals surface area contributed by atoms with Crippen molar-refractivity contribution in [2.75, 3.05) is 0 Å². The highest BCUT2D eigenvalue weighted by molar-refractivity contribution is 6.14. The molecule has 0 unspecified atom stereocenters. The average Bonchev–Trinajstić information content (AvgIpc) is 1.89. The van der Waals surface area contributed by atoms with Gasteiger partial charge in [0.1, 0.15) is 6.04 Å². The van der Waals surface area contributed by atoms with Crippen LogP contribution in [0.4, 0.5) is 0 Å². The Morgan fingerprint density at radius 3 is 2.80 bits per heavy atom. The van der Waals surface area contributed by atoms with E-state index in [2.05, 4.69) is 4.84 Å². The van der Waals surface area contributed by atoms with Crippen molar-refractivity contribution in [3.8, 4) is 0 Å². The second-order valence-electron chi connectivity index (χ2n) is 1.80. The van der Waals surface area contributed by atoms with E-state index in [0.717, 1.165) is 0 Å². The van der Waals surface area contributed by atoms with Crippen LogP contribution in [-0.2, 0) is 4.79 Å². The Labute approximate surface area is 64.8 Å². The molecule has 0 rings (SSSR count). The first kappa shape index (κ1) is 9.46. The molecule has 0 aromatic carbocycles. The molecule has 0 aliphatic carbocycles. The lowest BCUT2D eigenvalue weighted by Gasteiger charge is -2.04. The molecule has 3 nitrogen and oxygen atoms in total. The van der Waals surface area contributed by atoms with Crippen molar-refractivity contribution in [3.05, 3.63) is 12.2 Å². The molecule has 2 N–H and O–H groups in total. The quantitative estimate of drug-likeness (QED) is 0.483. The SMILES string of the molecule is CC=CC[C@H](NCl)C(=O)O. The molecule has 0 spiro atoms. The van der Waals surface area contributed by atoms with Crippen LogP contribution in [0, 0.1) is 0 Å². The van der Waals surface area contributed by atoms with E-state index < -0.39 is 12.0 Å². The summed E-state index contributed by atoms with van der Waals surface area (Å²) in [6, 6.07) is -0.683. The molecule has 0 aromatic heterocycles. The minimum atomic E-state index is -0.937. The first-order valence-electron chi connectivity index (χ1n) is 2.92. The molecule has 0 saturated heterocycles. The number of hydrogen-bond donors (Lipinski definition) is 2. The largest absolute Gasteiger partial charge is 0.480 e. The molecule has 58 valence electrons. The average molecular weight is 164 g/mol. The second kappa shape index (κ2) is 5.26. The maximum absolute atomic E-state index is 10.3. The van der Waals surface area contributed by atoms with Crippen LogP contribution >= 0.6 is 11.8 Å². The van der Waals surface area contributed by atoms with Crippen LogP contribution in [-0.4, -0.2) is 17.1 Å². The van der Waals surface area contributed by atoms with Gasteiger partial charge in [-0.05, 0) is 25.1 Å². The first-order valence-corrected chi connectivity index (χ1v) is 3.30. The predicted molar refractivity (Wildman–Crippen MR) is 39.8 cm³/mol. The summed E-state index contributed by atoms with van der Waals surface area (Å²) in [5.74, 6) is -0.937. The number of carbonyl (C=O) groups is 1. The second-order valence-corrected chi connectivity index (χ2v) is 2.02. The van der Waals surface area contributed by atoms with Crippen molar-refractivity contribution in [2.24, 2.45) is 0 Å². The Morgan fingerprint density at radius 2 is 2.50 bits per heavy atom. The Kier molecular flexibility index (Phi) is 4.98. The molecule has 0 aliphatic heterocycles. The molecule has 0 fully saturated rings. The minimum Gasteiger partial charge on any atom is -0.480 e. The fourth-order valence-electron chi connectivity index (χ4n) is 0.464. The van der Waals surface area contributed by atoms with Crippen molar-refractivity contribution in [1.29, 1.82) is 0 Å². The number of carboxylic acids is 1. The van der Waals surface area contributed by atoms with E-state index in [9.17, 15) is 4.79 Å². The summed E-state index contributed by atoms with van der Waals surface area (Å²) >= 11 is 5.13. The third-order valence-corrected chi connectivity index (χ3v) is 1.30. The van der Waals surface area contributed by atoms with Crippen molar-refractivity contribution in [3.63, 3.8) is 0 Å². The molecule has 4 heteroatoms. The molecular formula is C6H10ClNO2. The third kappa shape index (κ3) is 3.48. The molecule has 0 aliphatic rings. The van der Waals surface area contributed by atoms with Gasteiger partial charge in [0.25, 0.3) is 0 Å². The monoisotopic (exact) mass is 163 g/mol. The normalized spacial score (nSPS) is 13.8. The molecule has 0 radical (unpaired) electrons. The molecule has 10 heavy (non-hydrogen) atoms. The van der Waals surface area contributed by atoms with Crippen LogP contribution in [0.25, 0.3) is 0 Å². The van der Waals surface area contributed by atoms with Gasteiger partial charge in [-0.25, -0.2) is 4.84 Å². The summed E-state index contributed by atoms with van der Waals surface area (Å²) in [5, 5.41) is 8.42. The Hall–Kier alpha value is -0.540. The van der Waals surface area contributed by atoms with Crippen LogP contribution in [0.5, 0.6) is 0 Å². The van der Waals surface area contributed by atoms with Crippen LogP contribution in [0.15, 0.2) is 12.2 Å². The van der Waals surface area contributed by atoms with Crippen molar-refractivity contribution < 1.29 is 9.90 Å². The molecule has 0 amide bonds. The van der Waals surface area contributed by atoms with Gasteiger partial charge in [0, 0.05) is 0 Å². The van der Waals surface area contributed by atoms with Crippen LogP contribution in [0.1, 0.15) is 13.3 Å². The van der Waals surface area contributed by atoms with Crippen LogP contribution < -0.4 is 4.84 Å². The summed E-state index contributed by atoms with van der Waals surface area (Å²) in [5.41, 5.74) is 0. The molecule has 0 saturated carbocycles. The highest BCUT2D eigenvalue weighted by Gasteiger charge is 2.12. The predicted octanol–water partition coefficient (Wildman–Crippen LogP) is 1.15. The molecule has 0 aromatic rings. The van der Waals surface area contributed by atoms with Gasteiger partial charge in [-0.1, -0.05) is 12.2 Å². The van der Waals surface area contributed by atoms with Gasteiger partial charge in [0.2, 0.25) is 0 Å². The Morgan fingerprint density at radius 1 is 1.90 bits per heavy atom. The van der Waals surface area contributed by atoms with Gasteiger partial charge >= 0.3 is 5.97 Å². The number of halogens is 1. The summed E-state index contributed by atoms with van der Waals surface area (Å²) in [6.45, 7) is 1.83. The maximum Gasteiger partial charge on any atom is 0.322 e.